The van der Waals surface area contributed by atoms with Crippen LogP contribution in [0.15, 0.2) is 36.9 Å². The molecule has 4 aromatic rings. The van der Waals surface area contributed by atoms with Gasteiger partial charge in [-0.2, -0.15) is 4.98 Å². The lowest BCUT2D eigenvalue weighted by Crippen LogP contribution is -2.06. The van der Waals surface area contributed by atoms with E-state index in [2.05, 4.69) is 15.3 Å². The molecule has 0 radical (unpaired) electrons. The van der Waals surface area contributed by atoms with Crippen LogP contribution < -0.4 is 14.8 Å². The Morgan fingerprint density at radius 2 is 2.15 bits per heavy atom. The second-order valence-corrected chi connectivity index (χ2v) is 7.67. The number of ether oxygens (including phenoxy) is 2. The SMILES string of the molecule is Cc1c(Cl)sc2nc(-n3ccnc3)nc(NCc3ccc4c(c3)OCO4)c12. The largest absolute Gasteiger partial charge is 0.454 e. The van der Waals surface area contributed by atoms with Crippen LogP contribution in [-0.4, -0.2) is 26.3 Å². The monoisotopic (exact) mass is 399 g/mol. The van der Waals surface area contributed by atoms with Gasteiger partial charge in [0.25, 0.3) is 0 Å². The van der Waals surface area contributed by atoms with Crippen LogP contribution in [-0.2, 0) is 6.54 Å². The van der Waals surface area contributed by atoms with Crippen LogP contribution in [0.4, 0.5) is 5.82 Å². The van der Waals surface area contributed by atoms with E-state index in [4.69, 9.17) is 26.1 Å². The highest BCUT2D eigenvalue weighted by Crippen LogP contribution is 2.38. The molecule has 0 unspecified atom stereocenters. The lowest BCUT2D eigenvalue weighted by atomic mass is 10.2. The lowest BCUT2D eigenvalue weighted by Gasteiger charge is -2.10. The normalized spacial score (nSPS) is 12.7. The van der Waals surface area contributed by atoms with Crippen molar-refractivity contribution in [1.82, 2.24) is 19.5 Å². The van der Waals surface area contributed by atoms with Crippen molar-refractivity contribution >= 4 is 39.0 Å². The molecule has 1 aliphatic rings. The number of imidazole rings is 1. The molecule has 1 N–H and O–H groups in total. The third-order valence-corrected chi connectivity index (χ3v) is 5.84. The Bertz CT molecular complexity index is 1140. The second kappa shape index (κ2) is 6.40. The van der Waals surface area contributed by atoms with Gasteiger partial charge in [0, 0.05) is 18.9 Å². The molecular formula is C18H14ClN5O2S. The topological polar surface area (TPSA) is 74.1 Å². The fraction of sp³-hybridized carbons (Fsp3) is 0.167. The Hall–Kier alpha value is -2.84. The minimum absolute atomic E-state index is 0.264. The van der Waals surface area contributed by atoms with E-state index < -0.39 is 0 Å². The molecular weight excluding hydrogens is 386 g/mol. The first-order valence-corrected chi connectivity index (χ1v) is 9.46. The zero-order valence-corrected chi connectivity index (χ0v) is 15.8. The van der Waals surface area contributed by atoms with E-state index in [0.717, 1.165) is 38.7 Å². The van der Waals surface area contributed by atoms with Crippen molar-refractivity contribution in [2.45, 2.75) is 13.5 Å². The van der Waals surface area contributed by atoms with Crippen molar-refractivity contribution in [3.63, 3.8) is 0 Å². The van der Waals surface area contributed by atoms with Gasteiger partial charge in [-0.1, -0.05) is 17.7 Å². The van der Waals surface area contributed by atoms with Gasteiger partial charge >= 0.3 is 0 Å². The van der Waals surface area contributed by atoms with Crippen LogP contribution in [0.2, 0.25) is 4.34 Å². The van der Waals surface area contributed by atoms with Gasteiger partial charge in [0.05, 0.1) is 9.72 Å². The summed E-state index contributed by atoms with van der Waals surface area (Å²) in [6.45, 7) is 2.83. The van der Waals surface area contributed by atoms with Crippen molar-refractivity contribution in [3.05, 3.63) is 52.4 Å². The zero-order chi connectivity index (χ0) is 18.4. The van der Waals surface area contributed by atoms with Crippen LogP contribution in [0.5, 0.6) is 11.5 Å². The van der Waals surface area contributed by atoms with E-state index in [1.807, 2.05) is 31.3 Å². The molecule has 1 aromatic carbocycles. The Labute approximate surface area is 163 Å². The van der Waals surface area contributed by atoms with Crippen molar-refractivity contribution in [2.24, 2.45) is 0 Å². The second-order valence-electron chi connectivity index (χ2n) is 6.06. The number of benzene rings is 1. The molecule has 3 aromatic heterocycles. The molecule has 0 spiro atoms. The summed E-state index contributed by atoms with van der Waals surface area (Å²) in [5.41, 5.74) is 2.04. The molecule has 0 aliphatic carbocycles. The Morgan fingerprint density at radius 1 is 1.26 bits per heavy atom. The Kier molecular flexibility index (Phi) is 3.87. The van der Waals surface area contributed by atoms with Crippen molar-refractivity contribution in [3.8, 4) is 17.4 Å². The van der Waals surface area contributed by atoms with Gasteiger partial charge in [0.1, 0.15) is 17.0 Å². The van der Waals surface area contributed by atoms with Crippen LogP contribution >= 0.6 is 22.9 Å². The fourth-order valence-electron chi connectivity index (χ4n) is 2.96. The van der Waals surface area contributed by atoms with Crippen LogP contribution in [0.3, 0.4) is 0 Å². The van der Waals surface area contributed by atoms with Crippen molar-refractivity contribution < 1.29 is 9.47 Å². The van der Waals surface area contributed by atoms with E-state index in [-0.39, 0.29) is 6.79 Å². The fourth-order valence-corrected chi connectivity index (χ4v) is 4.18. The highest BCUT2D eigenvalue weighted by atomic mass is 35.5. The summed E-state index contributed by atoms with van der Waals surface area (Å²) >= 11 is 7.80. The predicted octanol–water partition coefficient (Wildman–Crippen LogP) is 4.18. The number of hydrogen-bond acceptors (Lipinski definition) is 7. The number of aromatic nitrogens is 4. The maximum Gasteiger partial charge on any atom is 0.238 e. The minimum Gasteiger partial charge on any atom is -0.454 e. The average Bonchev–Trinajstić information content (AvgIpc) is 3.40. The molecule has 9 heteroatoms. The summed E-state index contributed by atoms with van der Waals surface area (Å²) in [6, 6.07) is 5.89. The number of nitrogens with zero attached hydrogens (tertiary/aromatic N) is 4. The van der Waals surface area contributed by atoms with Gasteiger partial charge in [-0.25, -0.2) is 9.97 Å². The third-order valence-electron chi connectivity index (χ3n) is 4.35. The molecule has 1 aliphatic heterocycles. The van der Waals surface area contributed by atoms with Gasteiger partial charge in [-0.05, 0) is 30.2 Å². The molecule has 0 saturated carbocycles. The minimum atomic E-state index is 0.264. The number of halogens is 1. The molecule has 5 rings (SSSR count). The maximum atomic E-state index is 6.36. The number of fused-ring (bicyclic) bond motifs is 2. The summed E-state index contributed by atoms with van der Waals surface area (Å²) in [7, 11) is 0. The van der Waals surface area contributed by atoms with Crippen LogP contribution in [0, 0.1) is 6.92 Å². The number of nitrogens with one attached hydrogen (secondary N) is 1. The Balaban J connectivity index is 1.53. The van der Waals surface area contributed by atoms with E-state index in [9.17, 15) is 0 Å². The van der Waals surface area contributed by atoms with Gasteiger partial charge in [0.2, 0.25) is 12.7 Å². The average molecular weight is 400 g/mol. The first-order valence-electron chi connectivity index (χ1n) is 8.26. The van der Waals surface area contributed by atoms with Crippen LogP contribution in [0.1, 0.15) is 11.1 Å². The molecule has 0 amide bonds. The first-order chi connectivity index (χ1) is 13.2. The van der Waals surface area contributed by atoms with Crippen molar-refractivity contribution in [2.75, 3.05) is 12.1 Å². The lowest BCUT2D eigenvalue weighted by molar-refractivity contribution is 0.174. The number of rotatable bonds is 4. The van der Waals surface area contributed by atoms with Crippen molar-refractivity contribution in [1.29, 1.82) is 0 Å². The number of thiophene rings is 1. The quantitative estimate of drug-likeness (QED) is 0.555. The predicted molar refractivity (Wildman–Crippen MR) is 104 cm³/mol. The van der Waals surface area contributed by atoms with Gasteiger partial charge in [-0.15, -0.1) is 11.3 Å². The summed E-state index contributed by atoms with van der Waals surface area (Å²) < 4.78 is 13.3. The molecule has 0 bridgehead atoms. The first kappa shape index (κ1) is 16.3. The summed E-state index contributed by atoms with van der Waals surface area (Å²) in [5.74, 6) is 2.81. The molecule has 0 fully saturated rings. The molecule has 4 heterocycles. The molecule has 0 saturated heterocycles. The molecule has 27 heavy (non-hydrogen) atoms. The van der Waals surface area contributed by atoms with E-state index >= 15 is 0 Å². The molecule has 7 nitrogen and oxygen atoms in total. The van der Waals surface area contributed by atoms with Crippen LogP contribution in [0.25, 0.3) is 16.2 Å². The number of aryl methyl sites for hydroxylation is 1. The van der Waals surface area contributed by atoms with E-state index in [1.54, 1.807) is 17.1 Å². The molecule has 0 atom stereocenters. The number of anilines is 1. The molecule has 136 valence electrons. The maximum absolute atomic E-state index is 6.36. The van der Waals surface area contributed by atoms with E-state index in [1.165, 1.54) is 11.3 Å². The third kappa shape index (κ3) is 2.87. The van der Waals surface area contributed by atoms with Gasteiger partial charge < -0.3 is 14.8 Å². The number of hydrogen-bond donors (Lipinski definition) is 1. The smallest absolute Gasteiger partial charge is 0.238 e. The standard InChI is InChI=1S/C18H14ClN5O2S/c1-10-14-16(21-7-11-2-3-12-13(6-11)26-9-25-12)22-18(24-5-4-20-8-24)23-17(14)27-15(10)19/h2-6,8H,7,9H2,1H3,(H,21,22,23). The van der Waals surface area contributed by atoms with E-state index in [0.29, 0.717) is 16.8 Å². The van der Waals surface area contributed by atoms with Gasteiger partial charge in [-0.3, -0.25) is 4.57 Å². The highest BCUT2D eigenvalue weighted by molar-refractivity contribution is 7.22. The summed E-state index contributed by atoms with van der Waals surface area (Å²) in [6.07, 6.45) is 5.18. The highest BCUT2D eigenvalue weighted by Gasteiger charge is 2.17. The summed E-state index contributed by atoms with van der Waals surface area (Å²) in [5, 5.41) is 4.36. The van der Waals surface area contributed by atoms with Gasteiger partial charge in [0.15, 0.2) is 11.5 Å². The zero-order valence-electron chi connectivity index (χ0n) is 14.3. The summed E-state index contributed by atoms with van der Waals surface area (Å²) in [4.78, 5) is 14.2. The Morgan fingerprint density at radius 3 is 3.00 bits per heavy atom.